The largest absolute Gasteiger partial charge is 0.493 e. The number of amides is 1. The second-order valence-corrected chi connectivity index (χ2v) is 8.40. The number of piperazine rings is 1. The molecular formula is C25H35N3O2. The predicted molar refractivity (Wildman–Crippen MR) is 123 cm³/mol. The van der Waals surface area contributed by atoms with E-state index in [1.165, 1.54) is 11.1 Å². The van der Waals surface area contributed by atoms with Crippen molar-refractivity contribution in [1.29, 1.82) is 0 Å². The predicted octanol–water partition coefficient (Wildman–Crippen LogP) is 4.24. The molecule has 5 nitrogen and oxygen atoms in total. The lowest BCUT2D eigenvalue weighted by Crippen LogP contribution is -2.43. The van der Waals surface area contributed by atoms with Gasteiger partial charge in [-0.15, -0.1) is 0 Å². The molecule has 162 valence electrons. The number of nitrogens with one attached hydrogen (secondary N) is 1. The summed E-state index contributed by atoms with van der Waals surface area (Å²) in [5.41, 5.74) is 4.48. The molecule has 0 atom stereocenters. The minimum Gasteiger partial charge on any atom is -0.493 e. The van der Waals surface area contributed by atoms with Crippen molar-refractivity contribution in [3.05, 3.63) is 59.2 Å². The molecule has 30 heavy (non-hydrogen) atoms. The topological polar surface area (TPSA) is 44.8 Å². The van der Waals surface area contributed by atoms with E-state index in [4.69, 9.17) is 4.74 Å². The van der Waals surface area contributed by atoms with Crippen LogP contribution in [0.2, 0.25) is 0 Å². The number of rotatable bonds is 9. The summed E-state index contributed by atoms with van der Waals surface area (Å²) in [5.74, 6) is 1.01. The third kappa shape index (κ3) is 7.15. The van der Waals surface area contributed by atoms with Gasteiger partial charge in [-0.2, -0.15) is 0 Å². The summed E-state index contributed by atoms with van der Waals surface area (Å²) in [6, 6.07) is 14.5. The van der Waals surface area contributed by atoms with Crippen LogP contribution >= 0.6 is 0 Å². The van der Waals surface area contributed by atoms with E-state index in [1.807, 2.05) is 12.1 Å². The van der Waals surface area contributed by atoms with Crippen LogP contribution in [0.3, 0.4) is 0 Å². The highest BCUT2D eigenvalue weighted by molar-refractivity contribution is 5.90. The van der Waals surface area contributed by atoms with Crippen molar-refractivity contribution in [2.24, 2.45) is 0 Å². The molecule has 1 aliphatic heterocycles. The molecule has 1 heterocycles. The number of benzene rings is 2. The SMILES string of the molecule is Cc1ccc(C)c(OCCCCC(=O)Nc2cccc(CN3CCN(C)CC3)c2)c1. The van der Waals surface area contributed by atoms with Gasteiger partial charge < -0.3 is 15.0 Å². The summed E-state index contributed by atoms with van der Waals surface area (Å²) >= 11 is 0. The molecule has 1 N–H and O–H groups in total. The molecule has 0 unspecified atom stereocenters. The van der Waals surface area contributed by atoms with Crippen LogP contribution in [0.5, 0.6) is 5.75 Å². The molecule has 2 aromatic carbocycles. The lowest BCUT2D eigenvalue weighted by Gasteiger charge is -2.32. The summed E-state index contributed by atoms with van der Waals surface area (Å²) < 4.78 is 5.87. The Morgan fingerprint density at radius 1 is 1.03 bits per heavy atom. The molecule has 0 bridgehead atoms. The zero-order valence-electron chi connectivity index (χ0n) is 18.6. The Balaban J connectivity index is 1.37. The molecule has 1 saturated heterocycles. The number of unbranched alkanes of at least 4 members (excludes halogenated alkanes) is 1. The number of ether oxygens (including phenoxy) is 1. The Morgan fingerprint density at radius 3 is 2.63 bits per heavy atom. The van der Waals surface area contributed by atoms with Gasteiger partial charge >= 0.3 is 0 Å². The van der Waals surface area contributed by atoms with Crippen LogP contribution in [0.4, 0.5) is 5.69 Å². The van der Waals surface area contributed by atoms with Gasteiger partial charge in [-0.3, -0.25) is 9.69 Å². The van der Waals surface area contributed by atoms with E-state index in [0.29, 0.717) is 13.0 Å². The van der Waals surface area contributed by atoms with Gasteiger partial charge in [-0.25, -0.2) is 0 Å². The zero-order chi connectivity index (χ0) is 21.3. The lowest BCUT2D eigenvalue weighted by molar-refractivity contribution is -0.116. The van der Waals surface area contributed by atoms with E-state index in [9.17, 15) is 4.79 Å². The van der Waals surface area contributed by atoms with Crippen molar-refractivity contribution in [2.75, 3.05) is 45.2 Å². The molecule has 1 amide bonds. The number of hydrogen-bond donors (Lipinski definition) is 1. The first kappa shape index (κ1) is 22.3. The maximum absolute atomic E-state index is 12.3. The highest BCUT2D eigenvalue weighted by Crippen LogP contribution is 2.19. The fraction of sp³-hybridized carbons (Fsp3) is 0.480. The van der Waals surface area contributed by atoms with Gasteiger partial charge in [-0.1, -0.05) is 24.3 Å². The summed E-state index contributed by atoms with van der Waals surface area (Å²) in [7, 11) is 2.17. The van der Waals surface area contributed by atoms with E-state index >= 15 is 0 Å². The first-order valence-corrected chi connectivity index (χ1v) is 11.0. The monoisotopic (exact) mass is 409 g/mol. The number of likely N-dealkylation sites (N-methyl/N-ethyl adjacent to an activating group) is 1. The highest BCUT2D eigenvalue weighted by atomic mass is 16.5. The summed E-state index contributed by atoms with van der Waals surface area (Å²) in [4.78, 5) is 17.1. The van der Waals surface area contributed by atoms with Crippen LogP contribution in [0, 0.1) is 13.8 Å². The standard InChI is InChI=1S/C25H35N3O2/c1-20-10-11-21(2)24(17-20)30-16-5-4-9-25(29)26-23-8-6-7-22(18-23)19-28-14-12-27(3)13-15-28/h6-8,10-11,17-18H,4-5,9,12-16,19H2,1-3H3,(H,26,29). The van der Waals surface area contributed by atoms with E-state index < -0.39 is 0 Å². The molecule has 0 aromatic heterocycles. The number of anilines is 1. The first-order chi connectivity index (χ1) is 14.5. The first-order valence-electron chi connectivity index (χ1n) is 11.0. The van der Waals surface area contributed by atoms with Crippen LogP contribution in [-0.2, 0) is 11.3 Å². The minimum atomic E-state index is 0.0680. The van der Waals surface area contributed by atoms with E-state index in [1.54, 1.807) is 0 Å². The van der Waals surface area contributed by atoms with Crippen LogP contribution in [-0.4, -0.2) is 55.5 Å². The van der Waals surface area contributed by atoms with Gasteiger partial charge in [0.2, 0.25) is 5.91 Å². The zero-order valence-corrected chi connectivity index (χ0v) is 18.6. The molecule has 2 aromatic rings. The number of nitrogens with zero attached hydrogens (tertiary/aromatic N) is 2. The van der Waals surface area contributed by atoms with Crippen LogP contribution in [0.15, 0.2) is 42.5 Å². The Labute approximate surface area is 181 Å². The van der Waals surface area contributed by atoms with Crippen molar-refractivity contribution >= 4 is 11.6 Å². The molecule has 3 rings (SSSR count). The third-order valence-corrected chi connectivity index (χ3v) is 5.61. The fourth-order valence-electron chi connectivity index (χ4n) is 3.67. The fourth-order valence-corrected chi connectivity index (χ4v) is 3.67. The van der Waals surface area contributed by atoms with Crippen molar-refractivity contribution in [3.63, 3.8) is 0 Å². The maximum atomic E-state index is 12.3. The second kappa shape index (κ2) is 11.1. The quantitative estimate of drug-likeness (QED) is 0.629. The molecule has 0 spiro atoms. The van der Waals surface area contributed by atoms with E-state index in [2.05, 4.69) is 66.3 Å². The summed E-state index contributed by atoms with van der Waals surface area (Å²) in [6.07, 6.45) is 2.20. The van der Waals surface area contributed by atoms with Crippen LogP contribution < -0.4 is 10.1 Å². The number of hydrogen-bond acceptors (Lipinski definition) is 4. The maximum Gasteiger partial charge on any atom is 0.224 e. The molecular weight excluding hydrogens is 374 g/mol. The van der Waals surface area contributed by atoms with Gasteiger partial charge in [0.05, 0.1) is 6.61 Å². The summed E-state index contributed by atoms with van der Waals surface area (Å²) in [5, 5.41) is 3.05. The van der Waals surface area contributed by atoms with Crippen LogP contribution in [0.25, 0.3) is 0 Å². The molecule has 1 fully saturated rings. The van der Waals surface area contributed by atoms with Crippen molar-refractivity contribution < 1.29 is 9.53 Å². The lowest BCUT2D eigenvalue weighted by atomic mass is 10.1. The van der Waals surface area contributed by atoms with Crippen LogP contribution in [0.1, 0.15) is 36.0 Å². The normalized spacial score (nSPS) is 15.2. The van der Waals surface area contributed by atoms with Gasteiger partial charge in [0.1, 0.15) is 5.75 Å². The third-order valence-electron chi connectivity index (χ3n) is 5.61. The Bertz CT molecular complexity index is 829. The van der Waals surface area contributed by atoms with Gasteiger partial charge in [0.25, 0.3) is 0 Å². The molecule has 0 saturated carbocycles. The van der Waals surface area contributed by atoms with Crippen molar-refractivity contribution in [3.8, 4) is 5.75 Å². The second-order valence-electron chi connectivity index (χ2n) is 8.40. The molecule has 5 heteroatoms. The minimum absolute atomic E-state index is 0.0680. The Morgan fingerprint density at radius 2 is 1.83 bits per heavy atom. The van der Waals surface area contributed by atoms with E-state index in [0.717, 1.165) is 62.6 Å². The van der Waals surface area contributed by atoms with Gasteiger partial charge in [0, 0.05) is 44.8 Å². The Kier molecular flexibility index (Phi) is 8.29. The highest BCUT2D eigenvalue weighted by Gasteiger charge is 2.14. The smallest absolute Gasteiger partial charge is 0.224 e. The molecule has 0 radical (unpaired) electrons. The Hall–Kier alpha value is -2.37. The van der Waals surface area contributed by atoms with Crippen molar-refractivity contribution in [2.45, 2.75) is 39.7 Å². The number of carbonyl (C=O) groups is 1. The van der Waals surface area contributed by atoms with Gasteiger partial charge in [0.15, 0.2) is 0 Å². The number of aryl methyl sites for hydroxylation is 2. The molecule has 1 aliphatic rings. The average Bonchev–Trinajstić information content (AvgIpc) is 2.72. The molecule has 0 aliphatic carbocycles. The number of carbonyl (C=O) groups excluding carboxylic acids is 1. The summed E-state index contributed by atoms with van der Waals surface area (Å²) in [6.45, 7) is 10.1. The van der Waals surface area contributed by atoms with Crippen molar-refractivity contribution in [1.82, 2.24) is 9.80 Å². The average molecular weight is 410 g/mol. The van der Waals surface area contributed by atoms with E-state index in [-0.39, 0.29) is 5.91 Å². The van der Waals surface area contributed by atoms with Gasteiger partial charge in [-0.05, 0) is 68.6 Å².